The van der Waals surface area contributed by atoms with E-state index in [-0.39, 0.29) is 17.0 Å². The molecule has 3 aromatic rings. The first-order chi connectivity index (χ1) is 13.5. The van der Waals surface area contributed by atoms with Crippen molar-refractivity contribution in [1.29, 1.82) is 0 Å². The summed E-state index contributed by atoms with van der Waals surface area (Å²) in [6, 6.07) is 3.73. The van der Waals surface area contributed by atoms with Crippen molar-refractivity contribution in [2.24, 2.45) is 0 Å². The van der Waals surface area contributed by atoms with Crippen LogP contribution in [-0.2, 0) is 6.54 Å². The third-order valence-corrected chi connectivity index (χ3v) is 6.20. The molecular weight excluding hydrogens is 403 g/mol. The fourth-order valence-corrected chi connectivity index (χ4v) is 4.37. The van der Waals surface area contributed by atoms with E-state index in [4.69, 9.17) is 11.6 Å². The van der Waals surface area contributed by atoms with Gasteiger partial charge in [-0.05, 0) is 49.5 Å². The van der Waals surface area contributed by atoms with E-state index < -0.39 is 5.82 Å². The van der Waals surface area contributed by atoms with Crippen LogP contribution in [0, 0.1) is 5.82 Å². The molecule has 0 N–H and O–H groups in total. The zero-order valence-electron chi connectivity index (χ0n) is 15.0. The van der Waals surface area contributed by atoms with E-state index in [0.717, 1.165) is 23.7 Å². The van der Waals surface area contributed by atoms with Gasteiger partial charge in [0, 0.05) is 24.6 Å². The second-order valence-corrected chi connectivity index (χ2v) is 8.23. The molecule has 1 aliphatic heterocycles. The van der Waals surface area contributed by atoms with Gasteiger partial charge in [0.05, 0.1) is 11.1 Å². The summed E-state index contributed by atoms with van der Waals surface area (Å²) in [5, 5.41) is 9.33. The van der Waals surface area contributed by atoms with Crippen LogP contribution < -0.4 is 0 Å². The van der Waals surface area contributed by atoms with E-state index in [1.54, 1.807) is 4.90 Å². The number of hydrogen-bond donors (Lipinski definition) is 0. The van der Waals surface area contributed by atoms with E-state index in [1.165, 1.54) is 29.7 Å². The summed E-state index contributed by atoms with van der Waals surface area (Å²) in [4.78, 5) is 19.2. The van der Waals surface area contributed by atoms with Gasteiger partial charge in [0.25, 0.3) is 5.91 Å². The summed E-state index contributed by atoms with van der Waals surface area (Å²) in [6.45, 7) is 2.95. The maximum atomic E-state index is 13.4. The zero-order valence-corrected chi connectivity index (χ0v) is 16.5. The summed E-state index contributed by atoms with van der Waals surface area (Å²) in [5.41, 5.74) is 0.352. The van der Waals surface area contributed by atoms with Gasteiger partial charge in [-0.1, -0.05) is 11.6 Å². The summed E-state index contributed by atoms with van der Waals surface area (Å²) in [6.07, 6.45) is 2.30. The van der Waals surface area contributed by atoms with Crippen molar-refractivity contribution in [2.45, 2.75) is 38.3 Å². The number of hydrogen-bond acceptors (Lipinski definition) is 6. The molecule has 10 heteroatoms. The first kappa shape index (κ1) is 17.7. The van der Waals surface area contributed by atoms with E-state index in [0.29, 0.717) is 36.2 Å². The van der Waals surface area contributed by atoms with Crippen LogP contribution >= 0.6 is 23.1 Å². The highest BCUT2D eigenvalue weighted by Crippen LogP contribution is 2.40. The van der Waals surface area contributed by atoms with Gasteiger partial charge >= 0.3 is 0 Å². The van der Waals surface area contributed by atoms with Crippen molar-refractivity contribution in [1.82, 2.24) is 29.0 Å². The maximum Gasteiger partial charge on any atom is 0.254 e. The van der Waals surface area contributed by atoms with Crippen LogP contribution in [0.2, 0.25) is 5.02 Å². The molecule has 144 valence electrons. The number of nitrogens with zero attached hydrogens (tertiary/aromatic N) is 6. The number of carbonyl (C=O) groups is 1. The normalized spacial score (nSPS) is 19.0. The lowest BCUT2D eigenvalue weighted by molar-refractivity contribution is 0.0638. The Bertz CT molecular complexity index is 1080. The lowest BCUT2D eigenvalue weighted by Crippen LogP contribution is -2.41. The topological polar surface area (TPSA) is 76.8 Å². The van der Waals surface area contributed by atoms with Crippen LogP contribution in [0.4, 0.5) is 4.39 Å². The summed E-state index contributed by atoms with van der Waals surface area (Å²) in [5.74, 6) is 2.03. The molecule has 0 radical (unpaired) electrons. The Morgan fingerprint density at radius 3 is 2.86 bits per heavy atom. The van der Waals surface area contributed by atoms with Gasteiger partial charge in [-0.25, -0.2) is 9.37 Å². The van der Waals surface area contributed by atoms with Gasteiger partial charge in [0.2, 0.25) is 0 Å². The summed E-state index contributed by atoms with van der Waals surface area (Å²) < 4.78 is 19.9. The predicted molar refractivity (Wildman–Crippen MR) is 102 cm³/mol. The van der Waals surface area contributed by atoms with Crippen molar-refractivity contribution in [3.05, 3.63) is 46.3 Å². The van der Waals surface area contributed by atoms with Gasteiger partial charge in [0.15, 0.2) is 16.7 Å². The first-order valence-electron chi connectivity index (χ1n) is 9.06. The molecule has 1 aromatic carbocycles. The minimum Gasteiger partial charge on any atom is -0.327 e. The van der Waals surface area contributed by atoms with Gasteiger partial charge < -0.3 is 9.47 Å². The molecule has 1 saturated carbocycles. The number of fused-ring (bicyclic) bond motifs is 1. The first-order valence-corrected chi connectivity index (χ1v) is 10.2. The molecule has 2 aromatic heterocycles. The second kappa shape index (κ2) is 6.59. The van der Waals surface area contributed by atoms with E-state index in [9.17, 15) is 9.18 Å². The summed E-state index contributed by atoms with van der Waals surface area (Å²) in [7, 11) is 0. The molecule has 1 atom stereocenters. The number of rotatable bonds is 3. The number of amides is 1. The van der Waals surface area contributed by atoms with Crippen LogP contribution in [0.1, 0.15) is 53.7 Å². The summed E-state index contributed by atoms with van der Waals surface area (Å²) >= 11 is 7.17. The average Bonchev–Trinajstić information content (AvgIpc) is 3.25. The highest BCUT2D eigenvalue weighted by molar-refractivity contribution is 7.09. The van der Waals surface area contributed by atoms with Crippen molar-refractivity contribution in [3.8, 4) is 10.8 Å². The molecule has 1 fully saturated rings. The molecule has 0 bridgehead atoms. The van der Waals surface area contributed by atoms with E-state index >= 15 is 0 Å². The van der Waals surface area contributed by atoms with Crippen LogP contribution in [0.3, 0.4) is 0 Å². The smallest absolute Gasteiger partial charge is 0.254 e. The van der Waals surface area contributed by atoms with Crippen molar-refractivity contribution in [2.75, 3.05) is 6.54 Å². The van der Waals surface area contributed by atoms with Crippen LogP contribution in [0.5, 0.6) is 0 Å². The number of aromatic nitrogens is 5. The van der Waals surface area contributed by atoms with Gasteiger partial charge in [-0.15, -0.1) is 10.2 Å². The minimum atomic E-state index is -0.545. The molecule has 2 aliphatic rings. The third kappa shape index (κ3) is 2.89. The monoisotopic (exact) mass is 418 g/mol. The highest BCUT2D eigenvalue weighted by Gasteiger charge is 2.34. The molecule has 1 aliphatic carbocycles. The predicted octanol–water partition coefficient (Wildman–Crippen LogP) is 3.68. The number of benzene rings is 1. The number of halogens is 2. The highest BCUT2D eigenvalue weighted by atomic mass is 35.5. The number of carbonyl (C=O) groups excluding carboxylic acids is 1. The van der Waals surface area contributed by atoms with Crippen molar-refractivity contribution >= 4 is 29.0 Å². The van der Waals surface area contributed by atoms with E-state index in [2.05, 4.69) is 19.6 Å². The Morgan fingerprint density at radius 2 is 2.11 bits per heavy atom. The van der Waals surface area contributed by atoms with Gasteiger partial charge in [0.1, 0.15) is 11.6 Å². The molecule has 3 heterocycles. The minimum absolute atomic E-state index is 0.0660. The Hall–Kier alpha value is -2.39. The Labute approximate surface area is 169 Å². The third-order valence-electron chi connectivity index (χ3n) is 5.19. The molecule has 0 unspecified atom stereocenters. The van der Waals surface area contributed by atoms with E-state index in [1.807, 2.05) is 11.5 Å². The molecule has 28 heavy (non-hydrogen) atoms. The van der Waals surface area contributed by atoms with Gasteiger partial charge in [-0.2, -0.15) is 4.37 Å². The molecular formula is C18H16ClFN6OS. The van der Waals surface area contributed by atoms with Crippen LogP contribution in [0.25, 0.3) is 10.8 Å². The van der Waals surface area contributed by atoms with Crippen LogP contribution in [-0.4, -0.2) is 41.5 Å². The molecule has 0 spiro atoms. The van der Waals surface area contributed by atoms with Crippen molar-refractivity contribution < 1.29 is 9.18 Å². The quantitative estimate of drug-likeness (QED) is 0.648. The SMILES string of the molecule is C[C@@H]1c2nnc(-c3nc(C4CC4)ns3)n2CCN1C(=O)c1ccc(F)c(Cl)c1. The fraction of sp³-hybridized carbons (Fsp3) is 0.389. The Morgan fingerprint density at radius 1 is 1.29 bits per heavy atom. The van der Waals surface area contributed by atoms with Crippen LogP contribution in [0.15, 0.2) is 18.2 Å². The fourth-order valence-electron chi connectivity index (χ4n) is 3.45. The molecule has 0 saturated heterocycles. The Balaban J connectivity index is 1.42. The lowest BCUT2D eigenvalue weighted by Gasteiger charge is -2.33. The zero-order chi connectivity index (χ0) is 19.4. The lowest BCUT2D eigenvalue weighted by atomic mass is 10.1. The van der Waals surface area contributed by atoms with Gasteiger partial charge in [-0.3, -0.25) is 4.79 Å². The van der Waals surface area contributed by atoms with Crippen molar-refractivity contribution in [3.63, 3.8) is 0 Å². The standard InChI is InChI=1S/C18H16ClFN6OS/c1-9-15-22-23-16(17-21-14(24-28-17)10-2-3-10)26(15)7-6-25(9)18(27)11-4-5-13(20)12(19)8-11/h4-5,8-10H,2-3,6-7H2,1H3/t9-/m1/s1. The Kier molecular flexibility index (Phi) is 4.17. The maximum absolute atomic E-state index is 13.4. The second-order valence-electron chi connectivity index (χ2n) is 7.07. The molecule has 7 nitrogen and oxygen atoms in total. The molecule has 1 amide bonds. The molecule has 5 rings (SSSR count). The largest absolute Gasteiger partial charge is 0.327 e. The average molecular weight is 419 g/mol.